The fourth-order valence-corrected chi connectivity index (χ4v) is 2.71. The number of halogens is 3. The number of nitrogens with zero attached hydrogens (tertiary/aromatic N) is 1. The van der Waals surface area contributed by atoms with Crippen LogP contribution in [0.4, 0.5) is 18.9 Å². The predicted molar refractivity (Wildman–Crippen MR) is 91.2 cm³/mol. The van der Waals surface area contributed by atoms with Crippen LogP contribution in [0.15, 0.2) is 48.5 Å². The Morgan fingerprint density at radius 2 is 1.77 bits per heavy atom. The van der Waals surface area contributed by atoms with Crippen LogP contribution in [0.2, 0.25) is 0 Å². The van der Waals surface area contributed by atoms with Gasteiger partial charge < -0.3 is 10.0 Å². The van der Waals surface area contributed by atoms with E-state index >= 15 is 0 Å². The molecular weight excluding hydrogens is 347 g/mol. The van der Waals surface area contributed by atoms with Gasteiger partial charge in [0.25, 0.3) is 0 Å². The van der Waals surface area contributed by atoms with Crippen molar-refractivity contribution in [3.63, 3.8) is 0 Å². The lowest BCUT2D eigenvalue weighted by molar-refractivity contribution is -0.138. The van der Waals surface area contributed by atoms with Gasteiger partial charge in [-0.1, -0.05) is 36.4 Å². The first-order valence-corrected chi connectivity index (χ1v) is 7.99. The van der Waals surface area contributed by atoms with Crippen molar-refractivity contribution < 1.29 is 27.9 Å². The summed E-state index contributed by atoms with van der Waals surface area (Å²) in [4.78, 5) is 23.8. The number of carboxylic acid groups (broad SMARTS) is 1. The molecule has 2 aromatic carbocycles. The van der Waals surface area contributed by atoms with Crippen LogP contribution in [0.3, 0.4) is 0 Å². The van der Waals surface area contributed by atoms with Crippen molar-refractivity contribution in [1.29, 1.82) is 0 Å². The molecule has 0 amide bonds. The van der Waals surface area contributed by atoms with E-state index in [0.717, 1.165) is 11.6 Å². The highest BCUT2D eigenvalue weighted by Gasteiger charge is 2.34. The Morgan fingerprint density at radius 1 is 1.08 bits per heavy atom. The van der Waals surface area contributed by atoms with E-state index < -0.39 is 23.3 Å². The van der Waals surface area contributed by atoms with Gasteiger partial charge in [-0.25, -0.2) is 0 Å². The standard InChI is InChI=1S/C19H18F3NO3/c20-19(21,22)16-8-4-9-17(15(16)13-24)23(11-5-10-18(25)26)12-14-6-2-1-3-7-14/h1-4,6-9,13H,5,10-12H2,(H,25,26). The van der Waals surface area contributed by atoms with Crippen molar-refractivity contribution in [3.05, 3.63) is 65.2 Å². The van der Waals surface area contributed by atoms with Gasteiger partial charge in [0, 0.05) is 30.8 Å². The predicted octanol–water partition coefficient (Wildman–Crippen LogP) is 4.39. The number of rotatable bonds is 8. The molecule has 26 heavy (non-hydrogen) atoms. The van der Waals surface area contributed by atoms with E-state index in [1.807, 2.05) is 18.2 Å². The minimum absolute atomic E-state index is 0.110. The van der Waals surface area contributed by atoms with E-state index in [9.17, 15) is 22.8 Å². The molecule has 0 radical (unpaired) electrons. The smallest absolute Gasteiger partial charge is 0.417 e. The number of hydrogen-bond acceptors (Lipinski definition) is 3. The van der Waals surface area contributed by atoms with E-state index in [4.69, 9.17) is 5.11 Å². The van der Waals surface area contributed by atoms with Crippen LogP contribution in [-0.4, -0.2) is 23.9 Å². The maximum atomic E-state index is 13.2. The summed E-state index contributed by atoms with van der Waals surface area (Å²) in [6, 6.07) is 12.6. The minimum Gasteiger partial charge on any atom is -0.481 e. The van der Waals surface area contributed by atoms with Crippen LogP contribution in [-0.2, 0) is 17.5 Å². The Bertz CT molecular complexity index is 760. The summed E-state index contributed by atoms with van der Waals surface area (Å²) in [6.45, 7) is 0.478. The van der Waals surface area contributed by atoms with Crippen LogP contribution in [0.25, 0.3) is 0 Å². The molecular formula is C19H18F3NO3. The first-order chi connectivity index (χ1) is 12.3. The largest absolute Gasteiger partial charge is 0.481 e. The summed E-state index contributed by atoms with van der Waals surface area (Å²) in [6.07, 6.45) is -4.31. The fraction of sp³-hybridized carbons (Fsp3) is 0.263. The van der Waals surface area contributed by atoms with Crippen molar-refractivity contribution in [2.45, 2.75) is 25.6 Å². The highest BCUT2D eigenvalue weighted by atomic mass is 19.4. The molecule has 0 fully saturated rings. The maximum Gasteiger partial charge on any atom is 0.417 e. The van der Waals surface area contributed by atoms with Gasteiger partial charge in [-0.15, -0.1) is 0 Å². The Labute approximate surface area is 148 Å². The summed E-state index contributed by atoms with van der Waals surface area (Å²) in [7, 11) is 0. The summed E-state index contributed by atoms with van der Waals surface area (Å²) < 4.78 is 39.6. The molecule has 1 N–H and O–H groups in total. The topological polar surface area (TPSA) is 57.6 Å². The summed E-state index contributed by atoms with van der Waals surface area (Å²) >= 11 is 0. The number of aldehydes is 1. The SMILES string of the molecule is O=Cc1c(N(CCCC(=O)O)Cc2ccccc2)cccc1C(F)(F)F. The minimum atomic E-state index is -4.65. The first-order valence-electron chi connectivity index (χ1n) is 7.99. The third-order valence-corrected chi connectivity index (χ3v) is 3.88. The quantitative estimate of drug-likeness (QED) is 0.705. The molecule has 7 heteroatoms. The summed E-state index contributed by atoms with van der Waals surface area (Å²) in [5, 5.41) is 8.81. The molecule has 0 aliphatic rings. The van der Waals surface area contributed by atoms with Crippen molar-refractivity contribution in [1.82, 2.24) is 0 Å². The van der Waals surface area contributed by atoms with Crippen molar-refractivity contribution in [2.24, 2.45) is 0 Å². The monoisotopic (exact) mass is 365 g/mol. The van der Waals surface area contributed by atoms with Crippen LogP contribution < -0.4 is 4.90 Å². The van der Waals surface area contributed by atoms with Gasteiger partial charge >= 0.3 is 12.1 Å². The molecule has 4 nitrogen and oxygen atoms in total. The Kier molecular flexibility index (Phi) is 6.38. The molecule has 2 rings (SSSR count). The molecule has 0 saturated heterocycles. The van der Waals surface area contributed by atoms with Gasteiger partial charge in [0.2, 0.25) is 0 Å². The summed E-state index contributed by atoms with van der Waals surface area (Å²) in [5.74, 6) is -0.982. The second-order valence-electron chi connectivity index (χ2n) is 5.76. The zero-order valence-electron chi connectivity index (χ0n) is 13.9. The number of alkyl halides is 3. The van der Waals surface area contributed by atoms with Gasteiger partial charge in [0.05, 0.1) is 5.56 Å². The van der Waals surface area contributed by atoms with Gasteiger partial charge in [-0.05, 0) is 24.1 Å². The number of hydrogen-bond donors (Lipinski definition) is 1. The fourth-order valence-electron chi connectivity index (χ4n) is 2.71. The van der Waals surface area contributed by atoms with Gasteiger partial charge in [-0.3, -0.25) is 9.59 Å². The third kappa shape index (κ3) is 5.08. The van der Waals surface area contributed by atoms with Crippen molar-refractivity contribution in [3.8, 4) is 0 Å². The van der Waals surface area contributed by atoms with Crippen LogP contribution in [0, 0.1) is 0 Å². The molecule has 0 heterocycles. The average molecular weight is 365 g/mol. The number of carbonyl (C=O) groups excluding carboxylic acids is 1. The molecule has 2 aromatic rings. The number of benzene rings is 2. The van der Waals surface area contributed by atoms with Crippen LogP contribution >= 0.6 is 0 Å². The third-order valence-electron chi connectivity index (χ3n) is 3.88. The number of carboxylic acids is 1. The lowest BCUT2D eigenvalue weighted by Crippen LogP contribution is -2.26. The zero-order valence-corrected chi connectivity index (χ0v) is 13.9. The van der Waals surface area contributed by atoms with Crippen molar-refractivity contribution in [2.75, 3.05) is 11.4 Å². The zero-order chi connectivity index (χ0) is 19.2. The average Bonchev–Trinajstić information content (AvgIpc) is 2.60. The van der Waals surface area contributed by atoms with E-state index in [1.165, 1.54) is 12.1 Å². The number of anilines is 1. The van der Waals surface area contributed by atoms with Crippen molar-refractivity contribution >= 4 is 17.9 Å². The normalized spacial score (nSPS) is 11.2. The number of carbonyl (C=O) groups is 2. The van der Waals surface area contributed by atoms with E-state index in [1.54, 1.807) is 17.0 Å². The van der Waals surface area contributed by atoms with Crippen LogP contribution in [0.1, 0.15) is 34.3 Å². The Morgan fingerprint density at radius 3 is 2.35 bits per heavy atom. The summed E-state index contributed by atoms with van der Waals surface area (Å²) in [5.41, 5.74) is -0.450. The molecule has 0 unspecified atom stereocenters. The molecule has 0 bridgehead atoms. The Balaban J connectivity index is 2.40. The van der Waals surface area contributed by atoms with Gasteiger partial charge in [0.15, 0.2) is 6.29 Å². The molecule has 0 aliphatic carbocycles. The molecule has 0 atom stereocenters. The second-order valence-corrected chi connectivity index (χ2v) is 5.76. The lowest BCUT2D eigenvalue weighted by atomic mass is 10.0. The van der Waals surface area contributed by atoms with Gasteiger partial charge in [0.1, 0.15) is 0 Å². The first kappa shape index (κ1) is 19.5. The molecule has 0 saturated carbocycles. The van der Waals surface area contributed by atoms with E-state index in [2.05, 4.69) is 0 Å². The highest BCUT2D eigenvalue weighted by molar-refractivity contribution is 5.87. The molecule has 0 aromatic heterocycles. The molecule has 138 valence electrons. The van der Waals surface area contributed by atoms with Gasteiger partial charge in [-0.2, -0.15) is 13.2 Å². The highest BCUT2D eigenvalue weighted by Crippen LogP contribution is 2.36. The maximum absolute atomic E-state index is 13.2. The van der Waals surface area contributed by atoms with E-state index in [0.29, 0.717) is 0 Å². The van der Waals surface area contributed by atoms with E-state index in [-0.39, 0.29) is 37.9 Å². The number of aliphatic carboxylic acids is 1. The lowest BCUT2D eigenvalue weighted by Gasteiger charge is -2.27. The second kappa shape index (κ2) is 8.51. The Hall–Kier alpha value is -2.83. The molecule has 0 aliphatic heterocycles. The molecule has 0 spiro atoms. The van der Waals surface area contributed by atoms with Crippen LogP contribution in [0.5, 0.6) is 0 Å².